The Balaban J connectivity index is 1.57. The van der Waals surface area contributed by atoms with Crippen molar-refractivity contribution in [2.45, 2.75) is 45.7 Å². The van der Waals surface area contributed by atoms with Gasteiger partial charge in [0.15, 0.2) is 11.2 Å². The van der Waals surface area contributed by atoms with Crippen LogP contribution in [0.3, 0.4) is 0 Å². The number of benzene rings is 1. The number of fused-ring (bicyclic) bond motifs is 1. The van der Waals surface area contributed by atoms with Gasteiger partial charge >= 0.3 is 0 Å². The highest BCUT2D eigenvalue weighted by atomic mass is 16.2. The summed E-state index contributed by atoms with van der Waals surface area (Å²) in [5.41, 5.74) is 7.23. The number of hydrogen-bond donors (Lipinski definition) is 4. The van der Waals surface area contributed by atoms with E-state index in [1.165, 1.54) is 6.20 Å². The fourth-order valence-electron chi connectivity index (χ4n) is 2.92. The average Bonchev–Trinajstić information content (AvgIpc) is 2.76. The number of rotatable bonds is 9. The molecule has 2 heterocycles. The molecule has 10 heteroatoms. The number of H-pyrrole nitrogens is 1. The van der Waals surface area contributed by atoms with Gasteiger partial charge in [-0.1, -0.05) is 6.92 Å². The molecule has 0 fully saturated rings. The van der Waals surface area contributed by atoms with Crippen molar-refractivity contribution in [2.75, 3.05) is 11.1 Å². The minimum absolute atomic E-state index is 0.00866. The second kappa shape index (κ2) is 9.79. The van der Waals surface area contributed by atoms with E-state index in [0.29, 0.717) is 37.1 Å². The third-order valence-electron chi connectivity index (χ3n) is 4.73. The Bertz CT molecular complexity index is 1140. The Kier molecular flexibility index (Phi) is 6.91. The summed E-state index contributed by atoms with van der Waals surface area (Å²) < 4.78 is 0. The van der Waals surface area contributed by atoms with E-state index in [9.17, 15) is 14.4 Å². The van der Waals surface area contributed by atoms with Gasteiger partial charge in [-0.2, -0.15) is 4.98 Å². The summed E-state index contributed by atoms with van der Waals surface area (Å²) >= 11 is 0. The van der Waals surface area contributed by atoms with Crippen LogP contribution in [0, 0.1) is 0 Å². The highest BCUT2D eigenvalue weighted by Gasteiger charge is 2.11. The van der Waals surface area contributed by atoms with Gasteiger partial charge in [-0.05, 0) is 37.6 Å². The van der Waals surface area contributed by atoms with Gasteiger partial charge in [0.05, 0.1) is 18.4 Å². The summed E-state index contributed by atoms with van der Waals surface area (Å²) in [5.74, 6) is -0.00216. The van der Waals surface area contributed by atoms with Crippen molar-refractivity contribution in [3.05, 3.63) is 52.1 Å². The van der Waals surface area contributed by atoms with Crippen molar-refractivity contribution >= 4 is 34.5 Å². The number of Topliss-reactive ketones (excluding diaryl/α,β-unsaturated/α-hetero) is 1. The van der Waals surface area contributed by atoms with Gasteiger partial charge < -0.3 is 16.4 Å². The van der Waals surface area contributed by atoms with E-state index in [-0.39, 0.29) is 34.8 Å². The second-order valence-electron chi connectivity index (χ2n) is 7.22. The van der Waals surface area contributed by atoms with Crippen LogP contribution in [0.25, 0.3) is 11.2 Å². The smallest absolute Gasteiger partial charge is 0.280 e. The van der Waals surface area contributed by atoms with E-state index in [1.807, 2.05) is 13.8 Å². The molecule has 0 radical (unpaired) electrons. The first-order chi connectivity index (χ1) is 14.9. The lowest BCUT2D eigenvalue weighted by Gasteiger charge is -2.14. The molecule has 10 nitrogen and oxygen atoms in total. The predicted octanol–water partition coefficient (Wildman–Crippen LogP) is 1.78. The highest BCUT2D eigenvalue weighted by Crippen LogP contribution is 2.12. The Hall–Kier alpha value is -3.82. The monoisotopic (exact) mass is 423 g/mol. The Morgan fingerprint density at radius 3 is 2.65 bits per heavy atom. The molecule has 0 saturated carbocycles. The van der Waals surface area contributed by atoms with Gasteiger partial charge in [-0.15, -0.1) is 0 Å². The minimum atomic E-state index is -0.444. The van der Waals surface area contributed by atoms with Crippen LogP contribution in [0.1, 0.15) is 49.2 Å². The molecular weight excluding hydrogens is 398 g/mol. The van der Waals surface area contributed by atoms with Gasteiger partial charge in [0.1, 0.15) is 5.78 Å². The predicted molar refractivity (Wildman–Crippen MR) is 118 cm³/mol. The molecule has 0 spiro atoms. The van der Waals surface area contributed by atoms with Gasteiger partial charge in [0, 0.05) is 30.1 Å². The molecule has 5 N–H and O–H groups in total. The zero-order valence-electron chi connectivity index (χ0n) is 17.4. The van der Waals surface area contributed by atoms with E-state index in [4.69, 9.17) is 5.73 Å². The number of nitrogens with two attached hydrogens (primary N) is 1. The lowest BCUT2D eigenvalue weighted by atomic mass is 10.1. The third kappa shape index (κ3) is 5.84. The zero-order chi connectivity index (χ0) is 22.4. The summed E-state index contributed by atoms with van der Waals surface area (Å²) in [5, 5.41) is 6.08. The number of aromatic amines is 1. The van der Waals surface area contributed by atoms with Crippen molar-refractivity contribution in [1.82, 2.24) is 25.3 Å². The maximum absolute atomic E-state index is 12.4. The molecule has 1 aromatic carbocycles. The molecule has 2 aromatic heterocycles. The quantitative estimate of drug-likeness (QED) is 0.406. The summed E-state index contributed by atoms with van der Waals surface area (Å²) in [6, 6.07) is 6.91. The largest absolute Gasteiger partial charge is 0.379 e. The number of amides is 1. The lowest BCUT2D eigenvalue weighted by molar-refractivity contribution is -0.118. The second-order valence-corrected chi connectivity index (χ2v) is 7.22. The van der Waals surface area contributed by atoms with Crippen LogP contribution >= 0.6 is 0 Å². The number of nitrogen functional groups attached to an aromatic ring is 1. The zero-order valence-corrected chi connectivity index (χ0v) is 17.4. The Morgan fingerprint density at radius 1 is 1.19 bits per heavy atom. The van der Waals surface area contributed by atoms with Crippen molar-refractivity contribution in [1.29, 1.82) is 0 Å². The molecule has 1 atom stereocenters. The molecule has 3 rings (SSSR count). The summed E-state index contributed by atoms with van der Waals surface area (Å²) in [4.78, 5) is 50.4. The number of carbonyl (C=O) groups excluding carboxylic acids is 2. The molecule has 0 aliphatic heterocycles. The van der Waals surface area contributed by atoms with E-state index >= 15 is 0 Å². The number of carbonyl (C=O) groups is 2. The summed E-state index contributed by atoms with van der Waals surface area (Å²) in [6.07, 6.45) is 3.12. The van der Waals surface area contributed by atoms with Crippen LogP contribution in [-0.4, -0.2) is 37.7 Å². The number of hydrogen-bond acceptors (Lipinski definition) is 8. The summed E-state index contributed by atoms with van der Waals surface area (Å²) in [7, 11) is 0. The van der Waals surface area contributed by atoms with Gasteiger partial charge in [-0.25, -0.2) is 9.97 Å². The normalized spacial score (nSPS) is 11.8. The standard InChI is InChI=1S/C21H25N7O3/c1-3-16(29)9-4-12(2)25-19(30)13-5-7-14(8-6-13)23-10-15-11-24-18-17(26-15)20(31)28-21(22)27-18/h5-8,11-12,23H,3-4,9-10H2,1-2H3,(H,25,30)(H3,22,24,27,28,31)/t12-/m1/s1. The third-order valence-corrected chi connectivity index (χ3v) is 4.73. The molecule has 1 amide bonds. The summed E-state index contributed by atoms with van der Waals surface area (Å²) in [6.45, 7) is 4.05. The first kappa shape index (κ1) is 21.9. The molecule has 0 aliphatic rings. The van der Waals surface area contributed by atoms with Crippen LogP contribution in [0.4, 0.5) is 11.6 Å². The van der Waals surface area contributed by atoms with E-state index in [2.05, 4.69) is 30.6 Å². The van der Waals surface area contributed by atoms with Crippen LogP contribution in [0.15, 0.2) is 35.3 Å². The molecule has 162 valence electrons. The fraction of sp³-hybridized carbons (Fsp3) is 0.333. The molecule has 0 bridgehead atoms. The Labute approximate surface area is 178 Å². The molecule has 3 aromatic rings. The number of anilines is 2. The van der Waals surface area contributed by atoms with Gasteiger partial charge in [0.2, 0.25) is 5.95 Å². The average molecular weight is 423 g/mol. The highest BCUT2D eigenvalue weighted by molar-refractivity contribution is 5.94. The van der Waals surface area contributed by atoms with Crippen molar-refractivity contribution in [3.63, 3.8) is 0 Å². The van der Waals surface area contributed by atoms with Crippen LogP contribution in [0.5, 0.6) is 0 Å². The van der Waals surface area contributed by atoms with Gasteiger partial charge in [-0.3, -0.25) is 19.4 Å². The van der Waals surface area contributed by atoms with Crippen molar-refractivity contribution in [2.24, 2.45) is 0 Å². The topological polar surface area (TPSA) is 156 Å². The van der Waals surface area contributed by atoms with E-state index in [1.54, 1.807) is 24.3 Å². The molecular formula is C21H25N7O3. The van der Waals surface area contributed by atoms with Crippen LogP contribution in [-0.2, 0) is 11.3 Å². The molecule has 0 aliphatic carbocycles. The molecule has 0 unspecified atom stereocenters. The number of nitrogens with one attached hydrogen (secondary N) is 3. The minimum Gasteiger partial charge on any atom is -0.379 e. The molecule has 0 saturated heterocycles. The Morgan fingerprint density at radius 2 is 1.94 bits per heavy atom. The molecule has 31 heavy (non-hydrogen) atoms. The number of aromatic nitrogens is 4. The number of ketones is 1. The first-order valence-electron chi connectivity index (χ1n) is 10.0. The SMILES string of the molecule is CCC(=O)CC[C@@H](C)NC(=O)c1ccc(NCc2cnc3nc(N)[nH]c(=O)c3n2)cc1. The van der Waals surface area contributed by atoms with Gasteiger partial charge in [0.25, 0.3) is 11.5 Å². The van der Waals surface area contributed by atoms with Crippen LogP contribution < -0.4 is 21.9 Å². The first-order valence-corrected chi connectivity index (χ1v) is 10.0. The van der Waals surface area contributed by atoms with Crippen LogP contribution in [0.2, 0.25) is 0 Å². The van der Waals surface area contributed by atoms with Crippen molar-refractivity contribution in [3.8, 4) is 0 Å². The van der Waals surface area contributed by atoms with E-state index < -0.39 is 5.56 Å². The fourth-order valence-corrected chi connectivity index (χ4v) is 2.92. The maximum atomic E-state index is 12.4. The lowest BCUT2D eigenvalue weighted by Crippen LogP contribution is -2.32. The van der Waals surface area contributed by atoms with E-state index in [0.717, 1.165) is 5.69 Å². The maximum Gasteiger partial charge on any atom is 0.280 e. The van der Waals surface area contributed by atoms with Crippen molar-refractivity contribution < 1.29 is 9.59 Å². The number of nitrogens with zero attached hydrogens (tertiary/aromatic N) is 3.